The summed E-state index contributed by atoms with van der Waals surface area (Å²) in [6.07, 6.45) is 1.58. The molecule has 0 bridgehead atoms. The smallest absolute Gasteiger partial charge is 0.251 e. The second-order valence-electron chi connectivity index (χ2n) is 9.83. The first kappa shape index (κ1) is 27.9. The van der Waals surface area contributed by atoms with Crippen molar-refractivity contribution in [1.29, 1.82) is 0 Å². The third-order valence-electron chi connectivity index (χ3n) is 6.46. The van der Waals surface area contributed by atoms with Crippen LogP contribution in [0.5, 0.6) is 0 Å². The number of rotatable bonds is 9. The summed E-state index contributed by atoms with van der Waals surface area (Å²) < 4.78 is 39.0. The zero-order chi connectivity index (χ0) is 28.4. The highest BCUT2D eigenvalue weighted by Gasteiger charge is 2.27. The fourth-order valence-corrected chi connectivity index (χ4v) is 4.60. The van der Waals surface area contributed by atoms with Crippen LogP contribution in [0.2, 0.25) is 0 Å². The summed E-state index contributed by atoms with van der Waals surface area (Å²) in [5, 5.41) is 10.1. The Morgan fingerprint density at radius 1 is 1.13 bits per heavy atom. The van der Waals surface area contributed by atoms with Crippen molar-refractivity contribution in [2.45, 2.75) is 31.8 Å². The van der Waals surface area contributed by atoms with Crippen molar-refractivity contribution >= 4 is 21.6 Å². The molecule has 0 spiro atoms. The van der Waals surface area contributed by atoms with Gasteiger partial charge < -0.3 is 11.1 Å². The number of amides is 1. The van der Waals surface area contributed by atoms with E-state index < -0.39 is 27.5 Å². The topological polar surface area (TPSA) is 134 Å². The lowest BCUT2D eigenvalue weighted by atomic mass is 9.93. The number of halogens is 1. The monoisotopic (exact) mass is 550 g/mol. The van der Waals surface area contributed by atoms with Gasteiger partial charge in [0.25, 0.3) is 5.91 Å². The minimum Gasteiger partial charge on any atom is -0.346 e. The summed E-state index contributed by atoms with van der Waals surface area (Å²) in [6.45, 7) is 3.61. The summed E-state index contributed by atoms with van der Waals surface area (Å²) in [4.78, 5) is 17.9. The predicted molar refractivity (Wildman–Crippen MR) is 149 cm³/mol. The second kappa shape index (κ2) is 11.0. The van der Waals surface area contributed by atoms with Gasteiger partial charge in [-0.1, -0.05) is 42.5 Å². The molecule has 1 aromatic heterocycles. The zero-order valence-electron chi connectivity index (χ0n) is 22.1. The lowest BCUT2D eigenvalue weighted by Gasteiger charge is -2.21. The fraction of sp³-hybridized carbons (Fsp3) is 0.250. The van der Waals surface area contributed by atoms with Crippen molar-refractivity contribution < 1.29 is 17.6 Å². The van der Waals surface area contributed by atoms with E-state index in [1.165, 1.54) is 25.2 Å². The number of H-pyrrole nitrogens is 1. The molecule has 2 atom stereocenters. The summed E-state index contributed by atoms with van der Waals surface area (Å²) in [5.41, 5.74) is 8.38. The van der Waals surface area contributed by atoms with Gasteiger partial charge in [0.05, 0.1) is 23.5 Å². The third kappa shape index (κ3) is 6.68. The molecule has 0 aliphatic rings. The number of nitrogens with one attached hydrogen (secondary N) is 2. The summed E-state index contributed by atoms with van der Waals surface area (Å²) in [5.74, 6) is -0.111. The normalized spacial score (nSPS) is 13.9. The number of nitrogens with zero attached hydrogens (tertiary/aromatic N) is 3. The lowest BCUT2D eigenvalue weighted by Crippen LogP contribution is -2.36. The minimum absolute atomic E-state index is 0.207. The van der Waals surface area contributed by atoms with Crippen LogP contribution in [0.25, 0.3) is 11.4 Å². The maximum atomic E-state index is 13.3. The Kier molecular flexibility index (Phi) is 7.84. The molecule has 11 heteroatoms. The Morgan fingerprint density at radius 2 is 1.79 bits per heavy atom. The molecule has 1 heterocycles. The van der Waals surface area contributed by atoms with Crippen molar-refractivity contribution in [3.63, 3.8) is 0 Å². The highest BCUT2D eigenvalue weighted by atomic mass is 32.2. The molecule has 4 N–H and O–H groups in total. The number of carbonyl (C=O) groups excluding carboxylic acids is 1. The van der Waals surface area contributed by atoms with Crippen LogP contribution in [0.4, 0.5) is 10.1 Å². The average molecular weight is 551 g/mol. The van der Waals surface area contributed by atoms with Gasteiger partial charge in [0.1, 0.15) is 11.6 Å². The molecule has 39 heavy (non-hydrogen) atoms. The first-order valence-corrected chi connectivity index (χ1v) is 14.1. The molecule has 0 aliphatic carbocycles. The number of sulfonamides is 1. The molecule has 4 aromatic rings. The van der Waals surface area contributed by atoms with Gasteiger partial charge in [0.2, 0.25) is 10.0 Å². The molecule has 3 aromatic carbocycles. The van der Waals surface area contributed by atoms with E-state index in [9.17, 15) is 17.6 Å². The van der Waals surface area contributed by atoms with Gasteiger partial charge in [-0.05, 0) is 61.7 Å². The number of carbonyl (C=O) groups is 1. The predicted octanol–water partition coefficient (Wildman–Crippen LogP) is 3.91. The van der Waals surface area contributed by atoms with Crippen LogP contribution in [0.3, 0.4) is 0 Å². The first-order chi connectivity index (χ1) is 18.3. The molecule has 1 amide bonds. The molecule has 0 radical (unpaired) electrons. The number of aromatic amines is 1. The van der Waals surface area contributed by atoms with E-state index in [4.69, 9.17) is 5.73 Å². The van der Waals surface area contributed by atoms with Crippen LogP contribution in [0.15, 0.2) is 72.8 Å². The van der Waals surface area contributed by atoms with Crippen LogP contribution in [-0.4, -0.2) is 42.8 Å². The number of hydrogen-bond acceptors (Lipinski definition) is 6. The third-order valence-corrected chi connectivity index (χ3v) is 7.66. The van der Waals surface area contributed by atoms with Gasteiger partial charge in [-0.2, -0.15) is 5.10 Å². The molecule has 204 valence electrons. The van der Waals surface area contributed by atoms with Crippen LogP contribution < -0.4 is 15.4 Å². The van der Waals surface area contributed by atoms with Gasteiger partial charge in [-0.25, -0.2) is 17.8 Å². The Labute approximate surface area is 227 Å². The Hall–Kier alpha value is -4.09. The van der Waals surface area contributed by atoms with Crippen molar-refractivity contribution in [3.05, 3.63) is 101 Å². The van der Waals surface area contributed by atoms with Crippen molar-refractivity contribution in [3.8, 4) is 11.4 Å². The molecule has 4 rings (SSSR count). The largest absolute Gasteiger partial charge is 0.346 e. The number of nitrogens with two attached hydrogens (primary N) is 1. The number of anilines is 1. The molecule has 9 nitrogen and oxygen atoms in total. The van der Waals surface area contributed by atoms with Crippen LogP contribution in [0, 0.1) is 5.82 Å². The maximum Gasteiger partial charge on any atom is 0.251 e. The van der Waals surface area contributed by atoms with Gasteiger partial charge in [0, 0.05) is 18.2 Å². The van der Waals surface area contributed by atoms with E-state index in [0.717, 1.165) is 16.1 Å². The molecular formula is C28H31FN6O3S. The number of benzene rings is 3. The van der Waals surface area contributed by atoms with Crippen LogP contribution in [0.1, 0.15) is 47.2 Å². The molecule has 0 aliphatic heterocycles. The summed E-state index contributed by atoms with van der Waals surface area (Å²) in [6, 6.07) is 19.8. The zero-order valence-corrected chi connectivity index (χ0v) is 23.0. The Morgan fingerprint density at radius 3 is 2.44 bits per heavy atom. The molecule has 0 saturated carbocycles. The van der Waals surface area contributed by atoms with Crippen molar-refractivity contribution in [1.82, 2.24) is 20.5 Å². The Balaban J connectivity index is 1.67. The van der Waals surface area contributed by atoms with E-state index in [1.54, 1.807) is 31.2 Å². The standard InChI is InChI=1S/C28H31FN6O3S/c1-18(20-10-12-23(29)13-11-20)31-26(36)22-14-21(15-24(16-22)35(3)39(4,37)38)25-32-27(34-33-25)28(2,30)17-19-8-6-5-7-9-19/h5-16,18H,17,30H2,1-4H3,(H,31,36)(H,32,33,34)/t18-,28?/m1/s1. The minimum atomic E-state index is -3.62. The van der Waals surface area contributed by atoms with Crippen LogP contribution in [-0.2, 0) is 22.0 Å². The van der Waals surface area contributed by atoms with Gasteiger partial charge >= 0.3 is 0 Å². The molecule has 0 saturated heterocycles. The molecule has 0 fully saturated rings. The molecule has 1 unspecified atom stereocenters. The van der Waals surface area contributed by atoms with E-state index in [0.29, 0.717) is 23.4 Å². The van der Waals surface area contributed by atoms with E-state index in [-0.39, 0.29) is 22.9 Å². The highest BCUT2D eigenvalue weighted by Crippen LogP contribution is 2.28. The van der Waals surface area contributed by atoms with Gasteiger partial charge in [0.15, 0.2) is 5.82 Å². The first-order valence-electron chi connectivity index (χ1n) is 12.2. The van der Waals surface area contributed by atoms with E-state index in [2.05, 4.69) is 20.5 Å². The van der Waals surface area contributed by atoms with Crippen LogP contribution >= 0.6 is 0 Å². The quantitative estimate of drug-likeness (QED) is 0.289. The van der Waals surface area contributed by atoms with E-state index >= 15 is 0 Å². The maximum absolute atomic E-state index is 13.3. The molecular weight excluding hydrogens is 519 g/mol. The summed E-state index contributed by atoms with van der Waals surface area (Å²) in [7, 11) is -2.22. The highest BCUT2D eigenvalue weighted by molar-refractivity contribution is 7.92. The number of aromatic nitrogens is 3. The van der Waals surface area contributed by atoms with Gasteiger partial charge in [-0.3, -0.25) is 14.2 Å². The SMILES string of the molecule is C[C@@H](NC(=O)c1cc(-c2n[nH]c(C(C)(N)Cc3ccccc3)n2)cc(N(C)S(C)(=O)=O)c1)c1ccc(F)cc1. The summed E-state index contributed by atoms with van der Waals surface area (Å²) >= 11 is 0. The second-order valence-corrected chi connectivity index (χ2v) is 11.8. The fourth-order valence-electron chi connectivity index (χ4n) is 4.11. The average Bonchev–Trinajstić information content (AvgIpc) is 3.40. The van der Waals surface area contributed by atoms with Crippen molar-refractivity contribution in [2.24, 2.45) is 5.73 Å². The van der Waals surface area contributed by atoms with E-state index in [1.807, 2.05) is 37.3 Å². The Bertz CT molecular complexity index is 1570. The van der Waals surface area contributed by atoms with Gasteiger partial charge in [-0.15, -0.1) is 0 Å². The van der Waals surface area contributed by atoms with Crippen molar-refractivity contribution in [2.75, 3.05) is 17.6 Å². The lowest BCUT2D eigenvalue weighted by molar-refractivity contribution is 0.0940. The number of hydrogen-bond donors (Lipinski definition) is 3.